The van der Waals surface area contributed by atoms with E-state index in [2.05, 4.69) is 27.7 Å². The third kappa shape index (κ3) is 6.95. The third-order valence-electron chi connectivity index (χ3n) is 4.09. The molecule has 0 bridgehead atoms. The number of rotatable bonds is 7. The molecule has 1 saturated heterocycles. The van der Waals surface area contributed by atoms with Crippen molar-refractivity contribution in [3.8, 4) is 0 Å². The molecule has 0 aromatic heterocycles. The molecule has 1 fully saturated rings. The second kappa shape index (κ2) is 8.57. The average Bonchev–Trinajstić information content (AvgIpc) is 2.37. The predicted molar refractivity (Wildman–Crippen MR) is 77.0 cm³/mol. The van der Waals surface area contributed by atoms with Crippen molar-refractivity contribution in [3.63, 3.8) is 0 Å². The van der Waals surface area contributed by atoms with Crippen molar-refractivity contribution in [2.75, 3.05) is 13.2 Å². The largest absolute Gasteiger partial charge is 0.465 e. The maximum atomic E-state index is 11.8. The molecule has 1 rings (SSSR count). The Morgan fingerprint density at radius 3 is 2.63 bits per heavy atom. The SMILES string of the molecule is CCC(C)CC(C)CC(=O)OCC1CCC(C)OC1. The fraction of sp³-hybridized carbons (Fsp3) is 0.938. The van der Waals surface area contributed by atoms with Crippen molar-refractivity contribution >= 4 is 5.97 Å². The smallest absolute Gasteiger partial charge is 0.306 e. The average molecular weight is 270 g/mol. The Hall–Kier alpha value is -0.570. The molecule has 19 heavy (non-hydrogen) atoms. The van der Waals surface area contributed by atoms with Crippen molar-refractivity contribution < 1.29 is 14.3 Å². The van der Waals surface area contributed by atoms with E-state index in [-0.39, 0.29) is 5.97 Å². The molecule has 0 aliphatic carbocycles. The maximum absolute atomic E-state index is 11.8. The van der Waals surface area contributed by atoms with E-state index >= 15 is 0 Å². The first-order valence-electron chi connectivity index (χ1n) is 7.78. The van der Waals surface area contributed by atoms with Crippen molar-refractivity contribution in [1.82, 2.24) is 0 Å². The van der Waals surface area contributed by atoms with Gasteiger partial charge in [0.25, 0.3) is 0 Å². The van der Waals surface area contributed by atoms with Gasteiger partial charge in [0.1, 0.15) is 0 Å². The van der Waals surface area contributed by atoms with Gasteiger partial charge in [-0.05, 0) is 38.0 Å². The van der Waals surface area contributed by atoms with Crippen LogP contribution in [0.25, 0.3) is 0 Å². The van der Waals surface area contributed by atoms with Gasteiger partial charge in [-0.25, -0.2) is 0 Å². The van der Waals surface area contributed by atoms with Gasteiger partial charge in [-0.15, -0.1) is 0 Å². The molecule has 0 saturated carbocycles. The van der Waals surface area contributed by atoms with Crippen LogP contribution in [-0.2, 0) is 14.3 Å². The molecule has 4 unspecified atom stereocenters. The van der Waals surface area contributed by atoms with Crippen molar-refractivity contribution in [2.45, 2.75) is 65.9 Å². The minimum atomic E-state index is -0.0468. The third-order valence-corrected chi connectivity index (χ3v) is 4.09. The number of ether oxygens (including phenoxy) is 2. The van der Waals surface area contributed by atoms with E-state index in [1.807, 2.05) is 0 Å². The highest BCUT2D eigenvalue weighted by molar-refractivity contribution is 5.69. The van der Waals surface area contributed by atoms with Crippen LogP contribution in [0.15, 0.2) is 0 Å². The van der Waals surface area contributed by atoms with E-state index in [1.54, 1.807) is 0 Å². The molecule has 0 N–H and O–H groups in total. The number of hydrogen-bond acceptors (Lipinski definition) is 3. The first-order valence-corrected chi connectivity index (χ1v) is 7.78. The predicted octanol–water partition coefficient (Wildman–Crippen LogP) is 3.81. The zero-order chi connectivity index (χ0) is 14.3. The van der Waals surface area contributed by atoms with Crippen molar-refractivity contribution in [1.29, 1.82) is 0 Å². The topological polar surface area (TPSA) is 35.5 Å². The van der Waals surface area contributed by atoms with Crippen LogP contribution >= 0.6 is 0 Å². The molecular weight excluding hydrogens is 240 g/mol. The zero-order valence-electron chi connectivity index (χ0n) is 13.0. The molecule has 3 nitrogen and oxygen atoms in total. The lowest BCUT2D eigenvalue weighted by Crippen LogP contribution is -2.28. The highest BCUT2D eigenvalue weighted by atomic mass is 16.5. The molecule has 1 aliphatic rings. The van der Waals surface area contributed by atoms with E-state index < -0.39 is 0 Å². The molecule has 3 heteroatoms. The highest BCUT2D eigenvalue weighted by Crippen LogP contribution is 2.20. The van der Waals surface area contributed by atoms with Crippen LogP contribution in [0.2, 0.25) is 0 Å². The van der Waals surface area contributed by atoms with Crippen LogP contribution < -0.4 is 0 Å². The monoisotopic (exact) mass is 270 g/mol. The summed E-state index contributed by atoms with van der Waals surface area (Å²) in [5.41, 5.74) is 0. The Labute approximate surface area is 118 Å². The minimum absolute atomic E-state index is 0.0468. The minimum Gasteiger partial charge on any atom is -0.465 e. The molecule has 0 amide bonds. The summed E-state index contributed by atoms with van der Waals surface area (Å²) in [4.78, 5) is 11.8. The van der Waals surface area contributed by atoms with Crippen LogP contribution in [0.4, 0.5) is 0 Å². The Balaban J connectivity index is 2.13. The van der Waals surface area contributed by atoms with Crippen LogP contribution in [0.1, 0.15) is 59.8 Å². The quantitative estimate of drug-likeness (QED) is 0.660. The molecule has 112 valence electrons. The van der Waals surface area contributed by atoms with E-state index in [0.717, 1.165) is 25.9 Å². The summed E-state index contributed by atoms with van der Waals surface area (Å²) in [7, 11) is 0. The molecule has 4 atom stereocenters. The summed E-state index contributed by atoms with van der Waals surface area (Å²) < 4.78 is 11.0. The number of esters is 1. The van der Waals surface area contributed by atoms with Crippen molar-refractivity contribution in [2.24, 2.45) is 17.8 Å². The Kier molecular flexibility index (Phi) is 7.44. The van der Waals surface area contributed by atoms with E-state index in [1.165, 1.54) is 6.42 Å². The van der Waals surface area contributed by atoms with E-state index in [0.29, 0.717) is 36.9 Å². The molecule has 0 aromatic rings. The number of hydrogen-bond donors (Lipinski definition) is 0. The van der Waals surface area contributed by atoms with Gasteiger partial charge in [-0.1, -0.05) is 27.2 Å². The first-order chi connectivity index (χ1) is 9.01. The lowest BCUT2D eigenvalue weighted by Gasteiger charge is -2.26. The van der Waals surface area contributed by atoms with Gasteiger partial charge >= 0.3 is 5.97 Å². The maximum Gasteiger partial charge on any atom is 0.306 e. The van der Waals surface area contributed by atoms with E-state index in [9.17, 15) is 4.79 Å². The van der Waals surface area contributed by atoms with E-state index in [4.69, 9.17) is 9.47 Å². The van der Waals surface area contributed by atoms with Gasteiger partial charge < -0.3 is 9.47 Å². The van der Waals surface area contributed by atoms with Gasteiger partial charge in [0.2, 0.25) is 0 Å². The van der Waals surface area contributed by atoms with Crippen LogP contribution in [0.3, 0.4) is 0 Å². The Morgan fingerprint density at radius 2 is 2.05 bits per heavy atom. The standard InChI is InChI=1S/C16H30O3/c1-5-12(2)8-13(3)9-16(17)19-11-15-7-6-14(4)18-10-15/h12-15H,5-11H2,1-4H3. The lowest BCUT2D eigenvalue weighted by atomic mass is 9.93. The van der Waals surface area contributed by atoms with Gasteiger partial charge in [-0.3, -0.25) is 4.79 Å². The number of carbonyl (C=O) groups is 1. The zero-order valence-corrected chi connectivity index (χ0v) is 13.0. The summed E-state index contributed by atoms with van der Waals surface area (Å²) >= 11 is 0. The van der Waals surface area contributed by atoms with Gasteiger partial charge in [0.05, 0.1) is 19.3 Å². The lowest BCUT2D eigenvalue weighted by molar-refractivity contribution is -0.148. The Morgan fingerprint density at radius 1 is 1.32 bits per heavy atom. The van der Waals surface area contributed by atoms with Crippen LogP contribution in [-0.4, -0.2) is 25.3 Å². The number of carbonyl (C=O) groups excluding carboxylic acids is 1. The summed E-state index contributed by atoms with van der Waals surface area (Å²) in [6, 6.07) is 0. The normalized spacial score (nSPS) is 26.7. The second-order valence-corrected chi connectivity index (χ2v) is 6.33. The molecule has 0 spiro atoms. The molecule has 1 heterocycles. The van der Waals surface area contributed by atoms with Gasteiger partial charge in [0.15, 0.2) is 0 Å². The first kappa shape index (κ1) is 16.5. The van der Waals surface area contributed by atoms with Crippen LogP contribution in [0.5, 0.6) is 0 Å². The summed E-state index contributed by atoms with van der Waals surface area (Å²) in [5.74, 6) is 1.46. The fourth-order valence-electron chi connectivity index (χ4n) is 2.56. The fourth-order valence-corrected chi connectivity index (χ4v) is 2.56. The van der Waals surface area contributed by atoms with Gasteiger partial charge in [-0.2, -0.15) is 0 Å². The van der Waals surface area contributed by atoms with Crippen molar-refractivity contribution in [3.05, 3.63) is 0 Å². The molecule has 0 aromatic carbocycles. The summed E-state index contributed by atoms with van der Waals surface area (Å²) in [6.45, 7) is 9.93. The summed E-state index contributed by atoms with van der Waals surface area (Å²) in [5, 5.41) is 0. The van der Waals surface area contributed by atoms with Crippen LogP contribution in [0, 0.1) is 17.8 Å². The Bertz CT molecular complexity index is 257. The van der Waals surface area contributed by atoms with Gasteiger partial charge in [0, 0.05) is 12.3 Å². The molecule has 1 aliphatic heterocycles. The molecular formula is C16H30O3. The second-order valence-electron chi connectivity index (χ2n) is 6.33. The molecule has 0 radical (unpaired) electrons. The summed E-state index contributed by atoms with van der Waals surface area (Å²) in [6.07, 6.45) is 5.38. The highest BCUT2D eigenvalue weighted by Gasteiger charge is 2.20.